The first-order chi connectivity index (χ1) is 14.0. The van der Waals surface area contributed by atoms with E-state index < -0.39 is 10.0 Å². The summed E-state index contributed by atoms with van der Waals surface area (Å²) in [5, 5.41) is 3.05. The number of ether oxygens (including phenoxy) is 1. The Labute approximate surface area is 171 Å². The molecule has 4 rings (SSSR count). The summed E-state index contributed by atoms with van der Waals surface area (Å²) in [6.07, 6.45) is 2.18. The number of carbonyl (C=O) groups excluding carboxylic acids is 1. The largest absolute Gasteiger partial charge is 0.492 e. The van der Waals surface area contributed by atoms with E-state index in [1.165, 1.54) is 0 Å². The highest BCUT2D eigenvalue weighted by atomic mass is 32.2. The van der Waals surface area contributed by atoms with Gasteiger partial charge in [-0.2, -0.15) is 4.31 Å². The predicted molar refractivity (Wildman–Crippen MR) is 110 cm³/mol. The molecule has 2 aromatic carbocycles. The van der Waals surface area contributed by atoms with Gasteiger partial charge in [-0.1, -0.05) is 36.4 Å². The van der Waals surface area contributed by atoms with Gasteiger partial charge in [0.05, 0.1) is 10.8 Å². The van der Waals surface area contributed by atoms with Crippen molar-refractivity contribution < 1.29 is 17.9 Å². The molecule has 0 radical (unpaired) electrons. The monoisotopic (exact) mass is 414 g/mol. The zero-order valence-electron chi connectivity index (χ0n) is 16.3. The number of rotatable bonds is 5. The number of hydrogen-bond donors (Lipinski definition) is 1. The molecular weight excluding hydrogens is 388 g/mol. The third kappa shape index (κ3) is 4.46. The van der Waals surface area contributed by atoms with Crippen molar-refractivity contribution in [2.45, 2.75) is 24.2 Å². The minimum atomic E-state index is -3.43. The number of carbonyl (C=O) groups is 1. The molecule has 0 aliphatic carbocycles. The smallest absolute Gasteiger partial charge is 0.243 e. The second-order valence-electron chi connectivity index (χ2n) is 7.73. The molecule has 6 nitrogen and oxygen atoms in total. The third-order valence-electron chi connectivity index (χ3n) is 5.77. The van der Waals surface area contributed by atoms with Gasteiger partial charge in [0.15, 0.2) is 0 Å². The maximum absolute atomic E-state index is 12.7. The first-order valence-electron chi connectivity index (χ1n) is 10.1. The van der Waals surface area contributed by atoms with Gasteiger partial charge in [0, 0.05) is 19.6 Å². The summed E-state index contributed by atoms with van der Waals surface area (Å²) in [5.41, 5.74) is 1.07. The van der Waals surface area contributed by atoms with Crippen LogP contribution in [0.3, 0.4) is 0 Å². The van der Waals surface area contributed by atoms with Crippen molar-refractivity contribution in [3.63, 3.8) is 0 Å². The van der Waals surface area contributed by atoms with Crippen LogP contribution in [-0.2, 0) is 21.2 Å². The lowest BCUT2D eigenvalue weighted by Gasteiger charge is -2.32. The lowest BCUT2D eigenvalue weighted by Crippen LogP contribution is -2.43. The summed E-state index contributed by atoms with van der Waals surface area (Å²) in [7, 11) is -3.43. The number of fused-ring (bicyclic) bond motifs is 1. The zero-order valence-corrected chi connectivity index (χ0v) is 17.1. The molecule has 154 valence electrons. The molecule has 0 aromatic heterocycles. The van der Waals surface area contributed by atoms with Crippen molar-refractivity contribution in [1.29, 1.82) is 0 Å². The lowest BCUT2D eigenvalue weighted by molar-refractivity contribution is -0.126. The van der Waals surface area contributed by atoms with Gasteiger partial charge >= 0.3 is 0 Å². The van der Waals surface area contributed by atoms with Gasteiger partial charge in [0.2, 0.25) is 15.9 Å². The average Bonchev–Trinajstić information content (AvgIpc) is 2.78. The number of amides is 1. The molecule has 1 fully saturated rings. The van der Waals surface area contributed by atoms with E-state index in [0.717, 1.165) is 24.2 Å². The fourth-order valence-corrected chi connectivity index (χ4v) is 5.47. The highest BCUT2D eigenvalue weighted by Gasteiger charge is 2.30. The summed E-state index contributed by atoms with van der Waals surface area (Å²) in [5.74, 6) is 0.990. The molecule has 1 N–H and O–H groups in total. The first kappa shape index (κ1) is 19.9. The molecule has 0 spiro atoms. The van der Waals surface area contributed by atoms with Crippen molar-refractivity contribution in [1.82, 2.24) is 9.62 Å². The standard InChI is InChI=1S/C22H26N2O4S/c25-22(19-14-18-6-4-5-9-21(18)28-16-19)23-15-17-10-12-24(13-11-17)29(26,27)20-7-2-1-3-8-20/h1-9,17,19H,10-16H2,(H,23,25). The van der Waals surface area contributed by atoms with Crippen LogP contribution in [0.1, 0.15) is 18.4 Å². The van der Waals surface area contributed by atoms with Crippen molar-refractivity contribution >= 4 is 15.9 Å². The number of nitrogens with zero attached hydrogens (tertiary/aromatic N) is 1. The van der Waals surface area contributed by atoms with Gasteiger partial charge in [-0.25, -0.2) is 8.42 Å². The summed E-state index contributed by atoms with van der Waals surface area (Å²) in [6.45, 7) is 1.95. The molecule has 2 aromatic rings. The Morgan fingerprint density at radius 1 is 1.03 bits per heavy atom. The van der Waals surface area contributed by atoms with Crippen LogP contribution in [0.25, 0.3) is 0 Å². The molecule has 2 aliphatic rings. The molecule has 0 saturated carbocycles. The fraction of sp³-hybridized carbons (Fsp3) is 0.409. The molecule has 7 heteroatoms. The van der Waals surface area contributed by atoms with Gasteiger partial charge in [0.1, 0.15) is 12.4 Å². The normalized spacial score (nSPS) is 20.5. The molecule has 1 saturated heterocycles. The zero-order chi connectivity index (χ0) is 20.3. The number of piperidine rings is 1. The van der Waals surface area contributed by atoms with Gasteiger partial charge in [-0.15, -0.1) is 0 Å². The molecule has 29 heavy (non-hydrogen) atoms. The van der Waals surface area contributed by atoms with Gasteiger partial charge in [-0.3, -0.25) is 4.79 Å². The van der Waals surface area contributed by atoms with E-state index in [1.807, 2.05) is 30.3 Å². The first-order valence-corrected chi connectivity index (χ1v) is 11.5. The Morgan fingerprint density at radius 3 is 2.48 bits per heavy atom. The molecule has 0 bridgehead atoms. The maximum Gasteiger partial charge on any atom is 0.243 e. The van der Waals surface area contributed by atoms with Crippen LogP contribution >= 0.6 is 0 Å². The predicted octanol–water partition coefficient (Wildman–Crippen LogP) is 2.45. The van der Waals surface area contributed by atoms with Gasteiger partial charge < -0.3 is 10.1 Å². The van der Waals surface area contributed by atoms with Crippen molar-refractivity contribution in [3.05, 3.63) is 60.2 Å². The van der Waals surface area contributed by atoms with Crippen LogP contribution in [0.2, 0.25) is 0 Å². The summed E-state index contributed by atoms with van der Waals surface area (Å²) < 4.78 is 32.7. The third-order valence-corrected chi connectivity index (χ3v) is 7.68. The highest BCUT2D eigenvalue weighted by molar-refractivity contribution is 7.89. The van der Waals surface area contributed by atoms with E-state index in [4.69, 9.17) is 4.74 Å². The molecule has 1 amide bonds. The van der Waals surface area contributed by atoms with Crippen LogP contribution in [0.5, 0.6) is 5.75 Å². The van der Waals surface area contributed by atoms with Crippen molar-refractivity contribution in [2.75, 3.05) is 26.2 Å². The second kappa shape index (κ2) is 8.55. The van der Waals surface area contributed by atoms with Crippen molar-refractivity contribution in [2.24, 2.45) is 11.8 Å². The minimum absolute atomic E-state index is 0.0128. The maximum atomic E-state index is 12.7. The van der Waals surface area contributed by atoms with E-state index >= 15 is 0 Å². The molecule has 1 unspecified atom stereocenters. The Bertz CT molecular complexity index is 954. The number of para-hydroxylation sites is 1. The average molecular weight is 415 g/mol. The highest BCUT2D eigenvalue weighted by Crippen LogP contribution is 2.27. The minimum Gasteiger partial charge on any atom is -0.492 e. The van der Waals surface area contributed by atoms with Crippen LogP contribution < -0.4 is 10.1 Å². The Hall–Kier alpha value is -2.38. The molecule has 2 heterocycles. The Kier molecular flexibility index (Phi) is 5.87. The summed E-state index contributed by atoms with van der Waals surface area (Å²) in [4.78, 5) is 12.9. The Morgan fingerprint density at radius 2 is 1.72 bits per heavy atom. The lowest BCUT2D eigenvalue weighted by atomic mass is 9.95. The van der Waals surface area contributed by atoms with Crippen LogP contribution in [0.4, 0.5) is 0 Å². The van der Waals surface area contributed by atoms with Gasteiger partial charge in [0.25, 0.3) is 0 Å². The van der Waals surface area contributed by atoms with Crippen LogP contribution in [0.15, 0.2) is 59.5 Å². The quantitative estimate of drug-likeness (QED) is 0.816. The SMILES string of the molecule is O=C(NCC1CCN(S(=O)(=O)c2ccccc2)CC1)C1COc2ccccc2C1. The van der Waals surface area contributed by atoms with E-state index in [9.17, 15) is 13.2 Å². The topological polar surface area (TPSA) is 75.7 Å². The van der Waals surface area contributed by atoms with E-state index in [0.29, 0.717) is 37.6 Å². The van der Waals surface area contributed by atoms with E-state index in [2.05, 4.69) is 5.32 Å². The molecule has 1 atom stereocenters. The van der Waals surface area contributed by atoms with Crippen LogP contribution in [-0.4, -0.2) is 44.9 Å². The number of sulfonamides is 1. The molecular formula is C22H26N2O4S. The second-order valence-corrected chi connectivity index (χ2v) is 9.66. The van der Waals surface area contributed by atoms with Crippen LogP contribution in [0, 0.1) is 11.8 Å². The molecule has 2 aliphatic heterocycles. The summed E-state index contributed by atoms with van der Waals surface area (Å²) >= 11 is 0. The number of hydrogen-bond acceptors (Lipinski definition) is 4. The van der Waals surface area contributed by atoms with Gasteiger partial charge in [-0.05, 0) is 48.9 Å². The summed E-state index contributed by atoms with van der Waals surface area (Å²) in [6, 6.07) is 16.4. The Balaban J connectivity index is 1.26. The number of nitrogens with one attached hydrogen (secondary N) is 1. The fourth-order valence-electron chi connectivity index (χ4n) is 3.98. The van der Waals surface area contributed by atoms with E-state index in [-0.39, 0.29) is 17.7 Å². The van der Waals surface area contributed by atoms with Crippen molar-refractivity contribution in [3.8, 4) is 5.75 Å². The van der Waals surface area contributed by atoms with E-state index in [1.54, 1.807) is 28.6 Å². The number of benzene rings is 2.